The van der Waals surface area contributed by atoms with Crippen molar-refractivity contribution in [2.75, 3.05) is 19.6 Å². The Hall–Kier alpha value is -0.150. The molecule has 0 aromatic rings. The molecular formula is C8H18FNO. The lowest BCUT2D eigenvalue weighted by atomic mass is 10.3. The lowest BCUT2D eigenvalue weighted by molar-refractivity contribution is -0.173. The van der Waals surface area contributed by atoms with Crippen molar-refractivity contribution in [1.82, 2.24) is 4.90 Å². The molecule has 0 aliphatic carbocycles. The van der Waals surface area contributed by atoms with Crippen molar-refractivity contribution >= 4 is 0 Å². The van der Waals surface area contributed by atoms with Crippen LogP contribution in [0, 0.1) is 0 Å². The molecule has 0 aromatic heterocycles. The molecule has 1 heterocycles. The quantitative estimate of drug-likeness (QED) is 0.617. The van der Waals surface area contributed by atoms with Crippen molar-refractivity contribution in [2.45, 2.75) is 33.3 Å². The maximum atomic E-state index is 11.5. The van der Waals surface area contributed by atoms with Gasteiger partial charge in [0.1, 0.15) is 6.10 Å². The zero-order chi connectivity index (χ0) is 8.69. The molecule has 0 saturated carbocycles. The minimum absolute atomic E-state index is 0.162. The predicted molar refractivity (Wildman–Crippen MR) is 44.1 cm³/mol. The van der Waals surface area contributed by atoms with Crippen molar-refractivity contribution in [3.05, 3.63) is 0 Å². The number of hydrogen-bond donors (Lipinski definition) is 0. The third kappa shape index (κ3) is 3.68. The molecule has 1 rings (SSSR count). The first-order valence-electron chi connectivity index (χ1n) is 4.36. The Morgan fingerprint density at radius 1 is 1.55 bits per heavy atom. The summed E-state index contributed by atoms with van der Waals surface area (Å²) in [7, 11) is 0. The van der Waals surface area contributed by atoms with Crippen LogP contribution in [0.3, 0.4) is 0 Å². The van der Waals surface area contributed by atoms with Crippen LogP contribution in [0.15, 0.2) is 0 Å². The minimum atomic E-state index is -0.162. The van der Waals surface area contributed by atoms with E-state index in [1.807, 2.05) is 13.8 Å². The number of nitrogens with zero attached hydrogens (tertiary/aromatic N) is 1. The van der Waals surface area contributed by atoms with Crippen molar-refractivity contribution in [3.63, 3.8) is 0 Å². The molecule has 0 spiro atoms. The summed E-state index contributed by atoms with van der Waals surface area (Å²) in [5, 5.41) is 0. The van der Waals surface area contributed by atoms with Gasteiger partial charge in [0.2, 0.25) is 0 Å². The Kier molecular flexibility index (Phi) is 6.46. The van der Waals surface area contributed by atoms with Crippen LogP contribution < -0.4 is 0 Å². The van der Waals surface area contributed by atoms with E-state index in [1.165, 1.54) is 0 Å². The summed E-state index contributed by atoms with van der Waals surface area (Å²) in [4.78, 5) is 5.87. The van der Waals surface area contributed by atoms with E-state index in [1.54, 1.807) is 0 Å². The molecule has 1 fully saturated rings. The Morgan fingerprint density at radius 3 is 2.45 bits per heavy atom. The molecule has 0 aromatic carbocycles. The van der Waals surface area contributed by atoms with Gasteiger partial charge in [0.05, 0.1) is 0 Å². The van der Waals surface area contributed by atoms with Crippen LogP contribution in [0.1, 0.15) is 27.2 Å². The Balaban J connectivity index is 0.000000461. The third-order valence-corrected chi connectivity index (χ3v) is 1.80. The Morgan fingerprint density at radius 2 is 2.18 bits per heavy atom. The van der Waals surface area contributed by atoms with Gasteiger partial charge in [-0.05, 0) is 17.5 Å². The number of likely N-dealkylation sites (N-methyl/N-ethyl adjacent to an activating group) is 1. The lowest BCUT2D eigenvalue weighted by Crippen LogP contribution is -2.21. The number of hydrogen-bond acceptors (Lipinski definition) is 2. The van der Waals surface area contributed by atoms with Gasteiger partial charge >= 0.3 is 0 Å². The third-order valence-electron chi connectivity index (χ3n) is 1.80. The molecular weight excluding hydrogens is 145 g/mol. The van der Waals surface area contributed by atoms with E-state index in [0.717, 1.165) is 26.1 Å². The fourth-order valence-corrected chi connectivity index (χ4v) is 1.16. The zero-order valence-electron chi connectivity index (χ0n) is 7.64. The predicted octanol–water partition coefficient (Wildman–Crippen LogP) is 2.01. The van der Waals surface area contributed by atoms with E-state index in [0.29, 0.717) is 0 Å². The van der Waals surface area contributed by atoms with Gasteiger partial charge in [0.15, 0.2) is 0 Å². The molecule has 1 atom stereocenters. The number of halogens is 1. The van der Waals surface area contributed by atoms with Crippen molar-refractivity contribution < 1.29 is 9.47 Å². The molecule has 1 aliphatic rings. The van der Waals surface area contributed by atoms with Crippen LogP contribution >= 0.6 is 0 Å². The van der Waals surface area contributed by atoms with Crippen LogP contribution in [0.4, 0.5) is 4.53 Å². The summed E-state index contributed by atoms with van der Waals surface area (Å²) < 4.78 is 11.5. The molecule has 0 bridgehead atoms. The van der Waals surface area contributed by atoms with Gasteiger partial charge in [-0.1, -0.05) is 20.8 Å². The maximum Gasteiger partial charge on any atom is 0.112 e. The molecule has 0 amide bonds. The van der Waals surface area contributed by atoms with Crippen LogP contribution in [-0.4, -0.2) is 30.6 Å². The second kappa shape index (κ2) is 6.55. The molecule has 3 heteroatoms. The number of rotatable bonds is 2. The largest absolute Gasteiger partial charge is 0.301 e. The van der Waals surface area contributed by atoms with Crippen molar-refractivity contribution in [2.24, 2.45) is 0 Å². The molecule has 11 heavy (non-hydrogen) atoms. The smallest absolute Gasteiger partial charge is 0.112 e. The van der Waals surface area contributed by atoms with Gasteiger partial charge in [0.25, 0.3) is 0 Å². The van der Waals surface area contributed by atoms with Crippen LogP contribution in [0.2, 0.25) is 0 Å². The number of likely N-dealkylation sites (tertiary alicyclic amines) is 1. The fourth-order valence-electron chi connectivity index (χ4n) is 1.16. The molecule has 0 N–H and O–H groups in total. The van der Waals surface area contributed by atoms with E-state index in [9.17, 15) is 4.53 Å². The second-order valence-electron chi connectivity index (χ2n) is 2.39. The molecule has 1 aliphatic heterocycles. The Labute approximate surface area is 68.2 Å². The molecule has 1 unspecified atom stereocenters. The van der Waals surface area contributed by atoms with E-state index < -0.39 is 0 Å². The molecule has 0 radical (unpaired) electrons. The zero-order valence-corrected chi connectivity index (χ0v) is 7.64. The van der Waals surface area contributed by atoms with Crippen LogP contribution in [0.5, 0.6) is 0 Å². The van der Waals surface area contributed by atoms with Crippen molar-refractivity contribution in [1.29, 1.82) is 0 Å². The summed E-state index contributed by atoms with van der Waals surface area (Å²) in [6, 6.07) is 0. The second-order valence-corrected chi connectivity index (χ2v) is 2.39. The van der Waals surface area contributed by atoms with E-state index in [2.05, 4.69) is 16.8 Å². The van der Waals surface area contributed by atoms with Gasteiger partial charge in [-0.3, -0.25) is 0 Å². The first kappa shape index (κ1) is 10.8. The molecule has 2 nitrogen and oxygen atoms in total. The van der Waals surface area contributed by atoms with Gasteiger partial charge in [-0.25, -0.2) is 0 Å². The van der Waals surface area contributed by atoms with Gasteiger partial charge in [-0.15, -0.1) is 0 Å². The molecule has 68 valence electrons. The highest BCUT2D eigenvalue weighted by atomic mass is 19.3. The summed E-state index contributed by atoms with van der Waals surface area (Å²) in [5.41, 5.74) is 0. The van der Waals surface area contributed by atoms with E-state index >= 15 is 0 Å². The average molecular weight is 163 g/mol. The highest BCUT2D eigenvalue weighted by Gasteiger charge is 2.21. The summed E-state index contributed by atoms with van der Waals surface area (Å²) >= 11 is 0. The first-order valence-corrected chi connectivity index (χ1v) is 4.36. The van der Waals surface area contributed by atoms with Gasteiger partial charge in [-0.2, -0.15) is 4.94 Å². The topological polar surface area (TPSA) is 12.5 Å². The van der Waals surface area contributed by atoms with Crippen LogP contribution in [-0.2, 0) is 4.94 Å². The SMILES string of the molecule is CC.CCN1CCC(OF)C1. The monoisotopic (exact) mass is 163 g/mol. The Bertz CT molecular complexity index is 80.2. The fraction of sp³-hybridized carbons (Fsp3) is 1.00. The summed E-state index contributed by atoms with van der Waals surface area (Å²) in [6.07, 6.45) is 0.676. The van der Waals surface area contributed by atoms with E-state index in [4.69, 9.17) is 0 Å². The normalized spacial score (nSPS) is 24.5. The van der Waals surface area contributed by atoms with Crippen molar-refractivity contribution in [3.8, 4) is 0 Å². The highest BCUT2D eigenvalue weighted by Crippen LogP contribution is 2.11. The maximum absolute atomic E-state index is 11.5. The van der Waals surface area contributed by atoms with Gasteiger partial charge < -0.3 is 4.90 Å². The average Bonchev–Trinajstić information content (AvgIpc) is 2.55. The highest BCUT2D eigenvalue weighted by molar-refractivity contribution is 4.73. The molecule has 1 saturated heterocycles. The summed E-state index contributed by atoms with van der Waals surface area (Å²) in [5.74, 6) is 0. The first-order chi connectivity index (χ1) is 5.36. The van der Waals surface area contributed by atoms with Crippen LogP contribution in [0.25, 0.3) is 0 Å². The van der Waals surface area contributed by atoms with Gasteiger partial charge in [0, 0.05) is 13.1 Å². The summed E-state index contributed by atoms with van der Waals surface area (Å²) in [6.45, 7) is 8.80. The standard InChI is InChI=1S/C6H12FNO.C2H6/c1-2-8-4-3-6(5-8)9-7;1-2/h6H,2-5H2,1H3;1-2H3. The minimum Gasteiger partial charge on any atom is -0.301 e. The lowest BCUT2D eigenvalue weighted by Gasteiger charge is -2.09. The van der Waals surface area contributed by atoms with E-state index in [-0.39, 0.29) is 6.10 Å².